The Kier molecular flexibility index (Phi) is 8.95. The van der Waals surface area contributed by atoms with Crippen LogP contribution in [0.2, 0.25) is 0 Å². The van der Waals surface area contributed by atoms with Gasteiger partial charge in [0.25, 0.3) is 5.91 Å². The van der Waals surface area contributed by atoms with Gasteiger partial charge in [0.05, 0.1) is 25.3 Å². The average Bonchev–Trinajstić information content (AvgIpc) is 3.65. The minimum Gasteiger partial charge on any atom is -0.503 e. The second-order valence-electron chi connectivity index (χ2n) is 10.1. The van der Waals surface area contributed by atoms with Crippen molar-refractivity contribution in [2.24, 2.45) is 0 Å². The highest BCUT2D eigenvalue weighted by atomic mass is 32.2. The minimum atomic E-state index is -0.973. The molecule has 0 spiro atoms. The molecule has 1 aliphatic heterocycles. The van der Waals surface area contributed by atoms with Gasteiger partial charge in [-0.25, -0.2) is 0 Å². The lowest BCUT2D eigenvalue weighted by molar-refractivity contribution is -0.117. The number of aliphatic hydroxyl groups excluding tert-OH is 1. The van der Waals surface area contributed by atoms with E-state index in [1.807, 2.05) is 55.5 Å². The standard InChI is InChI=1S/C35H29N3O5S2/c1-3-43-28-19-17-24(20-29(28)42-2)31-30(27(39)18-16-22-10-5-4-6-11-22)32(40)33(41)38(31)34-36-37-35(45-34)44-21-25-14-9-13-23-12-7-8-15-26(23)25/h4-20,31,40H,3,21H2,1-2H3. The number of carbonyl (C=O) groups is 2. The number of carbonyl (C=O) groups excluding carboxylic acids is 2. The van der Waals surface area contributed by atoms with Gasteiger partial charge in [-0.2, -0.15) is 0 Å². The topological polar surface area (TPSA) is 102 Å². The number of aromatic nitrogens is 2. The molecule has 2 heterocycles. The smallest absolute Gasteiger partial charge is 0.296 e. The van der Waals surface area contributed by atoms with Gasteiger partial charge in [0, 0.05) is 5.75 Å². The summed E-state index contributed by atoms with van der Waals surface area (Å²) in [4.78, 5) is 28.6. The van der Waals surface area contributed by atoms with Crippen molar-refractivity contribution in [3.8, 4) is 11.5 Å². The van der Waals surface area contributed by atoms with Crippen molar-refractivity contribution in [1.82, 2.24) is 10.2 Å². The molecule has 0 aliphatic carbocycles. The van der Waals surface area contributed by atoms with Gasteiger partial charge in [0.1, 0.15) is 0 Å². The van der Waals surface area contributed by atoms with E-state index in [1.54, 1.807) is 24.3 Å². The van der Waals surface area contributed by atoms with Gasteiger partial charge >= 0.3 is 0 Å². The van der Waals surface area contributed by atoms with Crippen LogP contribution in [0.15, 0.2) is 113 Å². The number of ether oxygens (including phenoxy) is 2. The summed E-state index contributed by atoms with van der Waals surface area (Å²) >= 11 is 2.74. The van der Waals surface area contributed by atoms with E-state index >= 15 is 0 Å². The van der Waals surface area contributed by atoms with Gasteiger partial charge in [0.2, 0.25) is 5.13 Å². The molecule has 0 bridgehead atoms. The molecule has 0 saturated carbocycles. The lowest BCUT2D eigenvalue weighted by Gasteiger charge is -2.24. The molecule has 45 heavy (non-hydrogen) atoms. The highest BCUT2D eigenvalue weighted by Gasteiger charge is 2.45. The van der Waals surface area contributed by atoms with Crippen LogP contribution in [0.3, 0.4) is 0 Å². The van der Waals surface area contributed by atoms with Crippen molar-refractivity contribution in [2.45, 2.75) is 23.1 Å². The zero-order valence-corrected chi connectivity index (χ0v) is 26.2. The van der Waals surface area contributed by atoms with E-state index in [2.05, 4.69) is 34.5 Å². The molecular formula is C35H29N3O5S2. The molecule has 1 aliphatic rings. The molecule has 1 aromatic heterocycles. The number of thioether (sulfide) groups is 1. The van der Waals surface area contributed by atoms with Crippen LogP contribution in [0.4, 0.5) is 5.13 Å². The van der Waals surface area contributed by atoms with Crippen LogP contribution in [0.25, 0.3) is 16.8 Å². The fourth-order valence-corrected chi connectivity index (χ4v) is 7.11. The number of hydrogen-bond acceptors (Lipinski definition) is 9. The summed E-state index contributed by atoms with van der Waals surface area (Å²) in [6.45, 7) is 2.30. The quantitative estimate of drug-likeness (QED) is 0.0901. The zero-order chi connectivity index (χ0) is 31.3. The Morgan fingerprint density at radius 2 is 1.78 bits per heavy atom. The van der Waals surface area contributed by atoms with E-state index in [0.717, 1.165) is 21.9 Å². The lowest BCUT2D eigenvalue weighted by Crippen LogP contribution is -2.30. The van der Waals surface area contributed by atoms with Crippen LogP contribution in [0, 0.1) is 0 Å². The normalized spacial score (nSPS) is 14.9. The summed E-state index contributed by atoms with van der Waals surface area (Å²) in [6.07, 6.45) is 3.01. The number of rotatable bonds is 11. The third kappa shape index (κ3) is 6.20. The molecule has 8 nitrogen and oxygen atoms in total. The van der Waals surface area contributed by atoms with E-state index in [4.69, 9.17) is 9.47 Å². The Balaban J connectivity index is 1.34. The van der Waals surface area contributed by atoms with Crippen LogP contribution in [-0.4, -0.2) is 40.7 Å². The lowest BCUT2D eigenvalue weighted by atomic mass is 9.95. The Hall–Kier alpha value is -4.93. The fourth-order valence-electron chi connectivity index (χ4n) is 5.24. The van der Waals surface area contributed by atoms with E-state index in [1.165, 1.54) is 41.2 Å². The minimum absolute atomic E-state index is 0.0569. The molecular weight excluding hydrogens is 607 g/mol. The van der Waals surface area contributed by atoms with Crippen molar-refractivity contribution < 1.29 is 24.2 Å². The number of anilines is 1. The highest BCUT2D eigenvalue weighted by molar-refractivity contribution is 8.00. The first-order valence-corrected chi connectivity index (χ1v) is 16.1. The third-order valence-electron chi connectivity index (χ3n) is 7.34. The molecule has 6 rings (SSSR count). The van der Waals surface area contributed by atoms with Gasteiger partial charge in [-0.1, -0.05) is 108 Å². The van der Waals surface area contributed by atoms with Gasteiger partial charge in [-0.3, -0.25) is 14.5 Å². The Labute approximate surface area is 268 Å². The molecule has 10 heteroatoms. The molecule has 226 valence electrons. The zero-order valence-electron chi connectivity index (χ0n) is 24.5. The Bertz CT molecular complexity index is 1930. The highest BCUT2D eigenvalue weighted by Crippen LogP contribution is 2.45. The molecule has 4 aromatic carbocycles. The first kappa shape index (κ1) is 30.1. The number of methoxy groups -OCH3 is 1. The maximum atomic E-state index is 13.7. The number of fused-ring (bicyclic) bond motifs is 1. The number of ketones is 1. The van der Waals surface area contributed by atoms with Gasteiger partial charge in [-0.15, -0.1) is 10.2 Å². The van der Waals surface area contributed by atoms with Crippen LogP contribution >= 0.6 is 23.1 Å². The van der Waals surface area contributed by atoms with Crippen LogP contribution < -0.4 is 14.4 Å². The number of benzene rings is 4. The fraction of sp³-hybridized carbons (Fsp3) is 0.143. The number of nitrogens with zero attached hydrogens (tertiary/aromatic N) is 3. The summed E-state index contributed by atoms with van der Waals surface area (Å²) in [5.74, 6) is -0.251. The van der Waals surface area contributed by atoms with Crippen molar-refractivity contribution in [3.05, 3.63) is 125 Å². The average molecular weight is 636 g/mol. The Morgan fingerprint density at radius 1 is 1.00 bits per heavy atom. The van der Waals surface area contributed by atoms with Gasteiger partial charge < -0.3 is 14.6 Å². The molecule has 1 amide bonds. The number of allylic oxidation sites excluding steroid dienone is 1. The second-order valence-corrected chi connectivity index (χ2v) is 12.2. The number of hydrogen-bond donors (Lipinski definition) is 1. The van der Waals surface area contributed by atoms with E-state index in [-0.39, 0.29) is 10.7 Å². The van der Waals surface area contributed by atoms with E-state index in [0.29, 0.717) is 33.8 Å². The van der Waals surface area contributed by atoms with Crippen molar-refractivity contribution in [2.75, 3.05) is 18.6 Å². The molecule has 1 unspecified atom stereocenters. The maximum absolute atomic E-state index is 13.7. The molecule has 5 aromatic rings. The molecule has 1 atom stereocenters. The monoisotopic (exact) mass is 635 g/mol. The summed E-state index contributed by atoms with van der Waals surface area (Å²) in [5, 5.41) is 22.4. The summed E-state index contributed by atoms with van der Waals surface area (Å²) in [6, 6.07) is 27.9. The van der Waals surface area contributed by atoms with Gasteiger partial charge in [-0.05, 0) is 52.6 Å². The second kappa shape index (κ2) is 13.4. The molecule has 0 radical (unpaired) electrons. The predicted molar refractivity (Wildman–Crippen MR) is 178 cm³/mol. The number of aliphatic hydroxyl groups is 1. The third-order valence-corrected chi connectivity index (χ3v) is 9.44. The molecule has 0 fully saturated rings. The van der Waals surface area contributed by atoms with Crippen LogP contribution in [0.5, 0.6) is 11.5 Å². The van der Waals surface area contributed by atoms with E-state index < -0.39 is 23.5 Å². The number of amides is 1. The van der Waals surface area contributed by atoms with Crippen molar-refractivity contribution in [1.29, 1.82) is 0 Å². The van der Waals surface area contributed by atoms with Crippen molar-refractivity contribution >= 4 is 56.8 Å². The SMILES string of the molecule is CCOc1ccc(C2C(C(=O)C=Cc3ccccc3)=C(O)C(=O)N2c2nnc(SCc3cccc4ccccc34)s2)cc1OC. The van der Waals surface area contributed by atoms with Crippen LogP contribution in [0.1, 0.15) is 29.7 Å². The largest absolute Gasteiger partial charge is 0.503 e. The Morgan fingerprint density at radius 3 is 2.58 bits per heavy atom. The summed E-state index contributed by atoms with van der Waals surface area (Å²) < 4.78 is 11.9. The van der Waals surface area contributed by atoms with Gasteiger partial charge in [0.15, 0.2) is 27.4 Å². The first-order valence-electron chi connectivity index (χ1n) is 14.3. The predicted octanol–water partition coefficient (Wildman–Crippen LogP) is 7.57. The maximum Gasteiger partial charge on any atom is 0.296 e. The molecule has 0 saturated heterocycles. The molecule has 1 N–H and O–H groups in total. The first-order chi connectivity index (χ1) is 22.0. The van der Waals surface area contributed by atoms with Crippen molar-refractivity contribution in [3.63, 3.8) is 0 Å². The summed E-state index contributed by atoms with van der Waals surface area (Å²) in [5.41, 5.74) is 2.45. The van der Waals surface area contributed by atoms with E-state index in [9.17, 15) is 14.7 Å². The van der Waals surface area contributed by atoms with Crippen LogP contribution in [-0.2, 0) is 15.3 Å². The summed E-state index contributed by atoms with van der Waals surface area (Å²) in [7, 11) is 1.52.